The Kier molecular flexibility index (Phi) is 5.12. The van der Waals surface area contributed by atoms with Crippen molar-refractivity contribution in [2.24, 2.45) is 5.73 Å². The topological polar surface area (TPSA) is 39.2 Å². The molecule has 2 nitrogen and oxygen atoms in total. The highest BCUT2D eigenvalue weighted by Crippen LogP contribution is 2.21. The molecule has 0 aliphatic rings. The standard InChI is InChI=1S/C11H19NOS/c1-3-9-5-6-10(13-9)8-14-11(4-2)7-12/h5-6,11H,3-4,7-8,12H2,1-2H3. The van der Waals surface area contributed by atoms with Gasteiger partial charge in [-0.1, -0.05) is 13.8 Å². The Balaban J connectivity index is 2.37. The van der Waals surface area contributed by atoms with Crippen LogP contribution in [0.4, 0.5) is 0 Å². The van der Waals surface area contributed by atoms with Gasteiger partial charge >= 0.3 is 0 Å². The van der Waals surface area contributed by atoms with E-state index in [0.717, 1.165) is 36.7 Å². The van der Waals surface area contributed by atoms with Crippen LogP contribution < -0.4 is 5.73 Å². The van der Waals surface area contributed by atoms with Crippen molar-refractivity contribution >= 4 is 11.8 Å². The quantitative estimate of drug-likeness (QED) is 0.789. The summed E-state index contributed by atoms with van der Waals surface area (Å²) in [5.41, 5.74) is 5.63. The first kappa shape index (κ1) is 11.7. The number of thioether (sulfide) groups is 1. The minimum absolute atomic E-state index is 0.560. The van der Waals surface area contributed by atoms with Gasteiger partial charge in [0.15, 0.2) is 0 Å². The fraction of sp³-hybridized carbons (Fsp3) is 0.636. The van der Waals surface area contributed by atoms with E-state index in [-0.39, 0.29) is 0 Å². The Morgan fingerprint density at radius 3 is 2.57 bits per heavy atom. The first-order valence-corrected chi connectivity index (χ1v) is 6.24. The number of furan rings is 1. The Labute approximate surface area is 90.2 Å². The first-order chi connectivity index (χ1) is 6.80. The van der Waals surface area contributed by atoms with E-state index in [4.69, 9.17) is 10.2 Å². The normalized spacial score (nSPS) is 13.1. The van der Waals surface area contributed by atoms with Gasteiger partial charge in [0.2, 0.25) is 0 Å². The van der Waals surface area contributed by atoms with E-state index in [0.29, 0.717) is 5.25 Å². The monoisotopic (exact) mass is 213 g/mol. The van der Waals surface area contributed by atoms with Crippen LogP contribution in [0.1, 0.15) is 31.8 Å². The molecule has 0 fully saturated rings. The van der Waals surface area contributed by atoms with E-state index in [9.17, 15) is 0 Å². The van der Waals surface area contributed by atoms with Gasteiger partial charge in [-0.25, -0.2) is 0 Å². The number of hydrogen-bond acceptors (Lipinski definition) is 3. The molecule has 1 unspecified atom stereocenters. The summed E-state index contributed by atoms with van der Waals surface area (Å²) in [5.74, 6) is 3.08. The van der Waals surface area contributed by atoms with Crippen LogP contribution >= 0.6 is 11.8 Å². The van der Waals surface area contributed by atoms with Crippen molar-refractivity contribution in [2.45, 2.75) is 37.7 Å². The van der Waals surface area contributed by atoms with Crippen LogP contribution in [0.2, 0.25) is 0 Å². The zero-order chi connectivity index (χ0) is 10.4. The molecular weight excluding hydrogens is 194 g/mol. The molecule has 1 aromatic rings. The van der Waals surface area contributed by atoms with Crippen molar-refractivity contribution in [1.29, 1.82) is 0 Å². The molecular formula is C11H19NOS. The largest absolute Gasteiger partial charge is 0.465 e. The summed E-state index contributed by atoms with van der Waals surface area (Å²) in [6.45, 7) is 5.02. The van der Waals surface area contributed by atoms with Crippen LogP contribution in [0.15, 0.2) is 16.5 Å². The van der Waals surface area contributed by atoms with Gasteiger partial charge in [0, 0.05) is 18.2 Å². The van der Waals surface area contributed by atoms with E-state index < -0.39 is 0 Å². The second-order valence-corrected chi connectivity index (χ2v) is 4.59. The van der Waals surface area contributed by atoms with E-state index in [2.05, 4.69) is 26.0 Å². The van der Waals surface area contributed by atoms with Crippen molar-refractivity contribution < 1.29 is 4.42 Å². The summed E-state index contributed by atoms with van der Waals surface area (Å²) in [4.78, 5) is 0. The summed E-state index contributed by atoms with van der Waals surface area (Å²) < 4.78 is 5.61. The van der Waals surface area contributed by atoms with E-state index in [1.54, 1.807) is 0 Å². The summed E-state index contributed by atoms with van der Waals surface area (Å²) in [5, 5.41) is 0.560. The van der Waals surface area contributed by atoms with Crippen LogP contribution in [0, 0.1) is 0 Å². The van der Waals surface area contributed by atoms with Gasteiger partial charge in [-0.05, 0) is 18.6 Å². The number of aryl methyl sites for hydroxylation is 1. The molecule has 0 radical (unpaired) electrons. The smallest absolute Gasteiger partial charge is 0.114 e. The average Bonchev–Trinajstić information content (AvgIpc) is 2.67. The Morgan fingerprint density at radius 1 is 1.36 bits per heavy atom. The average molecular weight is 213 g/mol. The lowest BCUT2D eigenvalue weighted by Gasteiger charge is -2.09. The molecule has 0 aliphatic heterocycles. The van der Waals surface area contributed by atoms with Gasteiger partial charge in [-0.3, -0.25) is 0 Å². The molecule has 14 heavy (non-hydrogen) atoms. The lowest BCUT2D eigenvalue weighted by atomic mass is 10.3. The van der Waals surface area contributed by atoms with Crippen molar-refractivity contribution in [3.8, 4) is 0 Å². The van der Waals surface area contributed by atoms with Crippen LogP contribution in [0.5, 0.6) is 0 Å². The molecule has 1 rings (SSSR count). The zero-order valence-electron chi connectivity index (χ0n) is 8.95. The molecule has 0 amide bonds. The van der Waals surface area contributed by atoms with E-state index in [1.807, 2.05) is 11.8 Å². The third kappa shape index (κ3) is 3.39. The summed E-state index contributed by atoms with van der Waals surface area (Å²) >= 11 is 1.88. The third-order valence-corrected chi connectivity index (χ3v) is 3.69. The summed E-state index contributed by atoms with van der Waals surface area (Å²) in [6, 6.07) is 4.12. The fourth-order valence-corrected chi connectivity index (χ4v) is 2.17. The fourth-order valence-electron chi connectivity index (χ4n) is 1.24. The Bertz CT molecular complexity index is 256. The lowest BCUT2D eigenvalue weighted by molar-refractivity contribution is 0.485. The predicted molar refractivity (Wildman–Crippen MR) is 62.5 cm³/mol. The van der Waals surface area contributed by atoms with Crippen molar-refractivity contribution in [3.05, 3.63) is 23.7 Å². The first-order valence-electron chi connectivity index (χ1n) is 5.19. The van der Waals surface area contributed by atoms with E-state index >= 15 is 0 Å². The van der Waals surface area contributed by atoms with Crippen LogP contribution in [-0.2, 0) is 12.2 Å². The van der Waals surface area contributed by atoms with Crippen LogP contribution in [0.25, 0.3) is 0 Å². The van der Waals surface area contributed by atoms with Crippen molar-refractivity contribution in [1.82, 2.24) is 0 Å². The van der Waals surface area contributed by atoms with Gasteiger partial charge in [0.05, 0.1) is 5.75 Å². The molecule has 1 atom stereocenters. The minimum Gasteiger partial charge on any atom is -0.465 e. The van der Waals surface area contributed by atoms with Crippen molar-refractivity contribution in [3.63, 3.8) is 0 Å². The van der Waals surface area contributed by atoms with Crippen molar-refractivity contribution in [2.75, 3.05) is 6.54 Å². The molecule has 2 N–H and O–H groups in total. The third-order valence-electron chi connectivity index (χ3n) is 2.25. The Hall–Kier alpha value is -0.410. The second kappa shape index (κ2) is 6.14. The van der Waals surface area contributed by atoms with Gasteiger partial charge in [-0.2, -0.15) is 0 Å². The minimum atomic E-state index is 0.560. The molecule has 3 heteroatoms. The number of nitrogens with two attached hydrogens (primary N) is 1. The molecule has 0 spiro atoms. The molecule has 0 aromatic carbocycles. The predicted octanol–water partition coefficient (Wildman–Crippen LogP) is 2.81. The molecule has 0 saturated heterocycles. The maximum Gasteiger partial charge on any atom is 0.114 e. The van der Waals surface area contributed by atoms with E-state index in [1.165, 1.54) is 0 Å². The van der Waals surface area contributed by atoms with Crippen LogP contribution in [-0.4, -0.2) is 11.8 Å². The highest BCUT2D eigenvalue weighted by Gasteiger charge is 2.06. The molecule has 0 aliphatic carbocycles. The zero-order valence-corrected chi connectivity index (χ0v) is 9.77. The molecule has 0 saturated carbocycles. The van der Waals surface area contributed by atoms with Gasteiger partial charge < -0.3 is 10.2 Å². The highest BCUT2D eigenvalue weighted by molar-refractivity contribution is 7.99. The maximum atomic E-state index is 5.63. The summed E-state index contributed by atoms with van der Waals surface area (Å²) in [6.07, 6.45) is 2.10. The second-order valence-electron chi connectivity index (χ2n) is 3.30. The maximum absolute atomic E-state index is 5.63. The molecule has 1 heterocycles. The van der Waals surface area contributed by atoms with Gasteiger partial charge in [0.25, 0.3) is 0 Å². The SMILES string of the molecule is CCc1ccc(CSC(CC)CN)o1. The Morgan fingerprint density at radius 2 is 2.07 bits per heavy atom. The molecule has 80 valence electrons. The molecule has 0 bridgehead atoms. The number of hydrogen-bond donors (Lipinski definition) is 1. The van der Waals surface area contributed by atoms with Crippen LogP contribution in [0.3, 0.4) is 0 Å². The lowest BCUT2D eigenvalue weighted by Crippen LogP contribution is -2.15. The summed E-state index contributed by atoms with van der Waals surface area (Å²) in [7, 11) is 0. The van der Waals surface area contributed by atoms with Gasteiger partial charge in [-0.15, -0.1) is 11.8 Å². The number of rotatable bonds is 6. The van der Waals surface area contributed by atoms with Gasteiger partial charge in [0.1, 0.15) is 11.5 Å². The highest BCUT2D eigenvalue weighted by atomic mass is 32.2. The molecule has 1 aromatic heterocycles.